The van der Waals surface area contributed by atoms with E-state index < -0.39 is 23.9 Å². The van der Waals surface area contributed by atoms with Crippen molar-refractivity contribution >= 4 is 29.4 Å². The third kappa shape index (κ3) is 21.9. The van der Waals surface area contributed by atoms with E-state index in [1.807, 2.05) is 12.1 Å². The Labute approximate surface area is 266 Å². The van der Waals surface area contributed by atoms with E-state index in [0.29, 0.717) is 64.3 Å². The van der Waals surface area contributed by atoms with Gasteiger partial charge in [0.2, 0.25) is 17.7 Å². The van der Waals surface area contributed by atoms with E-state index in [0.717, 1.165) is 25.0 Å². The van der Waals surface area contributed by atoms with Crippen LogP contribution in [0.3, 0.4) is 0 Å². The van der Waals surface area contributed by atoms with Crippen LogP contribution in [0.25, 0.3) is 0 Å². The van der Waals surface area contributed by atoms with Gasteiger partial charge in [-0.1, -0.05) is 32.4 Å². The maximum Gasteiger partial charge on any atom is 0.312 e. The summed E-state index contributed by atoms with van der Waals surface area (Å²) in [5.74, 6) is -0.656. The summed E-state index contributed by atoms with van der Waals surface area (Å²) >= 11 is 0. The number of amides is 5. The SMILES string of the molecule is CCC(C)CCOCCOCCOCCOCCC(=O)NCC(=O)NC(CCCNC(N)=O)C(=O)Nc1ccc(COC)cc1. The fourth-order valence-electron chi connectivity index (χ4n) is 3.79. The maximum atomic E-state index is 12.9. The number of urea groups is 1. The van der Waals surface area contributed by atoms with Crippen LogP contribution >= 0.6 is 0 Å². The summed E-state index contributed by atoms with van der Waals surface area (Å²) in [6, 6.07) is 5.53. The zero-order chi connectivity index (χ0) is 33.1. The van der Waals surface area contributed by atoms with Gasteiger partial charge in [-0.3, -0.25) is 14.4 Å². The minimum absolute atomic E-state index is 0.0647. The lowest BCUT2D eigenvalue weighted by Crippen LogP contribution is -2.47. The molecule has 0 aliphatic heterocycles. The fraction of sp³-hybridized carbons (Fsp3) is 0.677. The molecule has 6 N–H and O–H groups in total. The summed E-state index contributed by atoms with van der Waals surface area (Å²) in [5.41, 5.74) is 6.58. The number of rotatable bonds is 27. The number of carbonyl (C=O) groups is 4. The summed E-state index contributed by atoms with van der Waals surface area (Å²) in [6.45, 7) is 8.37. The topological polar surface area (TPSA) is 189 Å². The zero-order valence-electron chi connectivity index (χ0n) is 27.0. The number of ether oxygens (including phenoxy) is 5. The predicted molar refractivity (Wildman–Crippen MR) is 170 cm³/mol. The Hall–Kier alpha value is -3.30. The van der Waals surface area contributed by atoms with Gasteiger partial charge in [-0.25, -0.2) is 4.79 Å². The molecule has 0 aliphatic carbocycles. The third-order valence-electron chi connectivity index (χ3n) is 6.64. The summed E-state index contributed by atoms with van der Waals surface area (Å²) in [4.78, 5) is 48.5. The summed E-state index contributed by atoms with van der Waals surface area (Å²) in [6.07, 6.45) is 2.91. The number of primary amides is 1. The van der Waals surface area contributed by atoms with E-state index in [1.54, 1.807) is 19.2 Å². The second-order valence-corrected chi connectivity index (χ2v) is 10.5. The van der Waals surface area contributed by atoms with Crippen LogP contribution in [0.15, 0.2) is 24.3 Å². The molecule has 0 fully saturated rings. The molecular weight excluding hydrogens is 586 g/mol. The van der Waals surface area contributed by atoms with Gasteiger partial charge in [-0.2, -0.15) is 0 Å². The highest BCUT2D eigenvalue weighted by molar-refractivity contribution is 5.97. The monoisotopic (exact) mass is 639 g/mol. The second kappa shape index (κ2) is 26.0. The molecule has 1 aromatic rings. The molecule has 0 heterocycles. The molecule has 1 rings (SSSR count). The molecule has 0 radical (unpaired) electrons. The van der Waals surface area contributed by atoms with Crippen molar-refractivity contribution < 1.29 is 42.9 Å². The number of nitrogens with two attached hydrogens (primary N) is 1. The van der Waals surface area contributed by atoms with Crippen LogP contribution in [0.2, 0.25) is 0 Å². The lowest BCUT2D eigenvalue weighted by molar-refractivity contribution is -0.128. The van der Waals surface area contributed by atoms with Crippen molar-refractivity contribution in [3.05, 3.63) is 29.8 Å². The molecule has 5 amide bonds. The van der Waals surface area contributed by atoms with Crippen LogP contribution < -0.4 is 27.0 Å². The van der Waals surface area contributed by atoms with Crippen molar-refractivity contribution in [3.63, 3.8) is 0 Å². The van der Waals surface area contributed by atoms with Gasteiger partial charge in [0.1, 0.15) is 6.04 Å². The Balaban J connectivity index is 2.23. The van der Waals surface area contributed by atoms with Crippen LogP contribution in [0, 0.1) is 5.92 Å². The molecule has 0 saturated heterocycles. The number of anilines is 1. The normalized spacial score (nSPS) is 12.2. The molecule has 0 aromatic heterocycles. The van der Waals surface area contributed by atoms with E-state index in [1.165, 1.54) is 0 Å². The van der Waals surface area contributed by atoms with E-state index in [4.69, 9.17) is 29.4 Å². The van der Waals surface area contributed by atoms with E-state index in [2.05, 4.69) is 35.1 Å². The summed E-state index contributed by atoms with van der Waals surface area (Å²) < 4.78 is 26.9. The van der Waals surface area contributed by atoms with Gasteiger partial charge >= 0.3 is 6.03 Å². The number of methoxy groups -OCH3 is 1. The Morgan fingerprint density at radius 3 is 1.98 bits per heavy atom. The number of benzene rings is 1. The summed E-state index contributed by atoms with van der Waals surface area (Å²) in [5, 5.41) is 10.4. The van der Waals surface area contributed by atoms with Crippen molar-refractivity contribution in [3.8, 4) is 0 Å². The number of hydrogen-bond donors (Lipinski definition) is 5. The maximum absolute atomic E-state index is 12.9. The zero-order valence-corrected chi connectivity index (χ0v) is 27.0. The fourth-order valence-corrected chi connectivity index (χ4v) is 3.79. The first-order chi connectivity index (χ1) is 21.7. The molecule has 14 nitrogen and oxygen atoms in total. The lowest BCUT2D eigenvalue weighted by Gasteiger charge is -2.19. The van der Waals surface area contributed by atoms with E-state index >= 15 is 0 Å². The van der Waals surface area contributed by atoms with Crippen LogP contribution in [-0.2, 0) is 44.7 Å². The highest BCUT2D eigenvalue weighted by atomic mass is 16.6. The Morgan fingerprint density at radius 2 is 1.40 bits per heavy atom. The number of nitrogens with one attached hydrogen (secondary N) is 4. The minimum Gasteiger partial charge on any atom is -0.380 e. The van der Waals surface area contributed by atoms with Crippen molar-refractivity contribution in [2.24, 2.45) is 11.7 Å². The average molecular weight is 640 g/mol. The lowest BCUT2D eigenvalue weighted by atomic mass is 10.1. The van der Waals surface area contributed by atoms with Crippen LogP contribution in [0.1, 0.15) is 51.5 Å². The molecule has 2 atom stereocenters. The first kappa shape index (κ1) is 39.7. The van der Waals surface area contributed by atoms with Crippen molar-refractivity contribution in [1.29, 1.82) is 0 Å². The van der Waals surface area contributed by atoms with Gasteiger partial charge in [0.15, 0.2) is 0 Å². The highest BCUT2D eigenvalue weighted by Gasteiger charge is 2.21. The molecule has 14 heteroatoms. The third-order valence-corrected chi connectivity index (χ3v) is 6.64. The molecule has 256 valence electrons. The number of carbonyl (C=O) groups excluding carboxylic acids is 4. The van der Waals surface area contributed by atoms with E-state index in [9.17, 15) is 19.2 Å². The molecule has 1 aromatic carbocycles. The van der Waals surface area contributed by atoms with Gasteiger partial charge in [0.05, 0.1) is 59.4 Å². The van der Waals surface area contributed by atoms with Gasteiger partial charge in [-0.05, 0) is 42.9 Å². The largest absolute Gasteiger partial charge is 0.380 e. The molecule has 0 bridgehead atoms. The Kier molecular flexibility index (Phi) is 22.9. The Morgan fingerprint density at radius 1 is 0.800 bits per heavy atom. The minimum atomic E-state index is -0.899. The first-order valence-electron chi connectivity index (χ1n) is 15.5. The van der Waals surface area contributed by atoms with Gasteiger partial charge < -0.3 is 50.7 Å². The van der Waals surface area contributed by atoms with Gasteiger partial charge in [0, 0.05) is 32.4 Å². The highest BCUT2D eigenvalue weighted by Crippen LogP contribution is 2.12. The smallest absolute Gasteiger partial charge is 0.312 e. The van der Waals surface area contributed by atoms with Crippen LogP contribution in [0.4, 0.5) is 10.5 Å². The Bertz CT molecular complexity index is 965. The molecular formula is C31H53N5O9. The standard InChI is InChI=1S/C31H53N5O9/c1-4-24(2)11-14-42-16-18-44-20-21-45-19-17-43-15-12-28(37)34-22-29(38)36-27(6-5-13-33-31(32)40)30(39)35-26-9-7-25(8-10-26)23-41-3/h7-10,24,27H,4-6,11-23H2,1-3H3,(H,34,37)(H,35,39)(H,36,38)(H3,32,33,40). The first-order valence-corrected chi connectivity index (χ1v) is 15.5. The predicted octanol–water partition coefficient (Wildman–Crippen LogP) is 1.71. The molecule has 2 unspecified atom stereocenters. The second-order valence-electron chi connectivity index (χ2n) is 10.5. The molecule has 0 saturated carbocycles. The average Bonchev–Trinajstić information content (AvgIpc) is 3.02. The molecule has 45 heavy (non-hydrogen) atoms. The van der Waals surface area contributed by atoms with Gasteiger partial charge in [0.25, 0.3) is 0 Å². The van der Waals surface area contributed by atoms with E-state index in [-0.39, 0.29) is 38.4 Å². The quantitative estimate of drug-likeness (QED) is 0.0893. The van der Waals surface area contributed by atoms with Crippen LogP contribution in [-0.4, -0.2) is 103 Å². The van der Waals surface area contributed by atoms with Crippen LogP contribution in [0.5, 0.6) is 0 Å². The molecule has 0 spiro atoms. The van der Waals surface area contributed by atoms with Gasteiger partial charge in [-0.15, -0.1) is 0 Å². The number of hydrogen-bond acceptors (Lipinski definition) is 9. The molecule has 0 aliphatic rings. The summed E-state index contributed by atoms with van der Waals surface area (Å²) in [7, 11) is 1.59. The van der Waals surface area contributed by atoms with Crippen molar-refractivity contribution in [2.45, 2.75) is 58.6 Å². The van der Waals surface area contributed by atoms with Crippen molar-refractivity contribution in [1.82, 2.24) is 16.0 Å². The van der Waals surface area contributed by atoms with Crippen molar-refractivity contribution in [2.75, 3.05) is 78.4 Å².